The van der Waals surface area contributed by atoms with E-state index in [9.17, 15) is 14.0 Å². The van der Waals surface area contributed by atoms with Gasteiger partial charge >= 0.3 is 0 Å². The van der Waals surface area contributed by atoms with E-state index in [4.69, 9.17) is 5.26 Å². The van der Waals surface area contributed by atoms with Crippen molar-refractivity contribution in [2.24, 2.45) is 4.99 Å². The lowest BCUT2D eigenvalue weighted by atomic mass is 9.89. The molecule has 160 valence electrons. The third-order valence-electron chi connectivity index (χ3n) is 5.57. The second-order valence-corrected chi connectivity index (χ2v) is 7.76. The summed E-state index contributed by atoms with van der Waals surface area (Å²) in [5.74, 6) is -0.655. The second-order valence-electron chi connectivity index (χ2n) is 7.76. The quantitative estimate of drug-likeness (QED) is 0.555. The number of benzene rings is 1. The maximum atomic E-state index is 13.8. The Kier molecular flexibility index (Phi) is 5.88. The van der Waals surface area contributed by atoms with Gasteiger partial charge in [-0.05, 0) is 70.4 Å². The van der Waals surface area contributed by atoms with Crippen LogP contribution >= 0.6 is 0 Å². The van der Waals surface area contributed by atoms with E-state index in [1.807, 2.05) is 6.92 Å². The van der Waals surface area contributed by atoms with Crippen molar-refractivity contribution in [1.82, 2.24) is 10.3 Å². The third kappa shape index (κ3) is 3.90. The molecule has 0 bridgehead atoms. The number of fused-ring (bicyclic) bond motifs is 1. The molecule has 1 aromatic carbocycles. The van der Waals surface area contributed by atoms with Gasteiger partial charge in [0.05, 0.1) is 23.2 Å². The summed E-state index contributed by atoms with van der Waals surface area (Å²) in [6.07, 6.45) is 2.75. The summed E-state index contributed by atoms with van der Waals surface area (Å²) in [7, 11) is 0. The molecule has 0 spiro atoms. The van der Waals surface area contributed by atoms with Crippen LogP contribution in [-0.4, -0.2) is 29.2 Å². The molecule has 1 saturated carbocycles. The van der Waals surface area contributed by atoms with Crippen LogP contribution in [0.15, 0.2) is 39.6 Å². The molecule has 0 unspecified atom stereocenters. The number of carbonyl (C=O) groups excluding carboxylic acids is 1. The first-order valence-electron chi connectivity index (χ1n) is 9.99. The number of aryl methyl sites for hydroxylation is 1. The first kappa shape index (κ1) is 21.4. The van der Waals surface area contributed by atoms with Crippen LogP contribution in [0, 0.1) is 24.1 Å². The van der Waals surface area contributed by atoms with Crippen LogP contribution in [0.1, 0.15) is 47.6 Å². The maximum Gasteiger partial charge on any atom is 0.252 e. The molecule has 7 heteroatoms. The number of halogens is 1. The third-order valence-corrected chi connectivity index (χ3v) is 5.57. The van der Waals surface area contributed by atoms with Gasteiger partial charge in [0.1, 0.15) is 5.82 Å². The average Bonchev–Trinajstić information content (AvgIpc) is 3.50. The van der Waals surface area contributed by atoms with Gasteiger partial charge in [0.15, 0.2) is 0 Å². The van der Waals surface area contributed by atoms with Crippen LogP contribution in [0.4, 0.5) is 4.39 Å². The topological polar surface area (TPSA) is 98.1 Å². The van der Waals surface area contributed by atoms with Crippen molar-refractivity contribution in [3.63, 3.8) is 0 Å². The summed E-state index contributed by atoms with van der Waals surface area (Å²) in [6.45, 7) is 7.64. The molecule has 0 radical (unpaired) electrons. The molecule has 30 heavy (non-hydrogen) atoms. The molecule has 1 aliphatic carbocycles. The Morgan fingerprint density at radius 2 is 2.20 bits per heavy atom. The summed E-state index contributed by atoms with van der Waals surface area (Å²) in [6, 6.07) is 5.84. The van der Waals surface area contributed by atoms with Crippen LogP contribution in [-0.2, 0) is 10.2 Å². The van der Waals surface area contributed by atoms with Gasteiger partial charge < -0.3 is 10.3 Å². The Morgan fingerprint density at radius 3 is 2.80 bits per heavy atom. The van der Waals surface area contributed by atoms with Gasteiger partial charge in [-0.1, -0.05) is 0 Å². The number of nitrogens with one attached hydrogen (secondary N) is 2. The molecule has 2 aromatic rings. The van der Waals surface area contributed by atoms with E-state index in [2.05, 4.69) is 21.4 Å². The minimum absolute atomic E-state index is 0. The zero-order valence-electron chi connectivity index (χ0n) is 17.6. The first-order chi connectivity index (χ1) is 14.2. The van der Waals surface area contributed by atoms with Crippen molar-refractivity contribution in [1.29, 1.82) is 5.26 Å². The number of H-pyrrole nitrogens is 1. The zero-order chi connectivity index (χ0) is 22.1. The van der Waals surface area contributed by atoms with E-state index in [-0.39, 0.29) is 14.3 Å². The van der Waals surface area contributed by atoms with E-state index in [1.165, 1.54) is 18.2 Å². The van der Waals surface area contributed by atoms with Crippen molar-refractivity contribution >= 4 is 22.5 Å². The van der Waals surface area contributed by atoms with E-state index in [0.29, 0.717) is 52.7 Å². The molecule has 2 N–H and O–H groups in total. The van der Waals surface area contributed by atoms with Crippen LogP contribution in [0.25, 0.3) is 10.9 Å². The van der Waals surface area contributed by atoms with E-state index in [1.54, 1.807) is 26.8 Å². The number of nitriles is 1. The number of pyridine rings is 1. The number of carbonyl (C=O) groups is 1. The SMILES string of the molecule is CCN=C(/C=C(\C)C#N)[C@H](C)NC(=O)C1(c2c(C)c3cc(F)ccc3[nH]c2=O)CC1.[HH].[HH]. The highest BCUT2D eigenvalue weighted by Gasteiger charge is 2.54. The van der Waals surface area contributed by atoms with Crippen LogP contribution in [0.2, 0.25) is 0 Å². The molecule has 6 nitrogen and oxygen atoms in total. The second kappa shape index (κ2) is 8.23. The summed E-state index contributed by atoms with van der Waals surface area (Å²) in [4.78, 5) is 33.2. The average molecular weight is 413 g/mol. The van der Waals surface area contributed by atoms with E-state index in [0.717, 1.165) is 0 Å². The Labute approximate surface area is 177 Å². The minimum Gasteiger partial charge on any atom is -0.347 e. The highest BCUT2D eigenvalue weighted by molar-refractivity contribution is 6.03. The van der Waals surface area contributed by atoms with E-state index >= 15 is 0 Å². The number of nitrogens with zero attached hydrogens (tertiary/aromatic N) is 2. The molecule has 1 aliphatic rings. The summed E-state index contributed by atoms with van der Waals surface area (Å²) < 4.78 is 13.8. The lowest BCUT2D eigenvalue weighted by molar-refractivity contribution is -0.123. The predicted octanol–water partition coefficient (Wildman–Crippen LogP) is 3.93. The smallest absolute Gasteiger partial charge is 0.252 e. The standard InChI is InChI=1S/C23H25FN4O2.2H2/c1-5-26-19(10-13(2)12-25)15(4)27-22(30)23(8-9-23)20-14(3)17-11-16(24)6-7-18(17)28-21(20)29;;/h6-7,10-11,15H,5,8-9H2,1-4H3,(H,27,30)(H,28,29);2*1H/b13-10+,26-19?;;/t15-;;/m0../s1. The molecule has 0 aliphatic heterocycles. The fourth-order valence-electron chi connectivity index (χ4n) is 3.87. The van der Waals surface area contributed by atoms with Gasteiger partial charge in [-0.2, -0.15) is 5.26 Å². The molecule has 1 atom stereocenters. The highest BCUT2D eigenvalue weighted by atomic mass is 19.1. The Hall–Kier alpha value is -3.27. The highest BCUT2D eigenvalue weighted by Crippen LogP contribution is 2.49. The van der Waals surface area contributed by atoms with Gasteiger partial charge in [0, 0.05) is 31.4 Å². The number of allylic oxidation sites excluding steroid dienone is 1. The number of hydrogen-bond acceptors (Lipinski definition) is 4. The van der Waals surface area contributed by atoms with Crippen LogP contribution in [0.5, 0.6) is 0 Å². The van der Waals surface area contributed by atoms with Crippen LogP contribution < -0.4 is 10.9 Å². The lowest BCUT2D eigenvalue weighted by Crippen LogP contribution is -2.45. The number of aliphatic imine (C=N–C) groups is 1. The number of rotatable bonds is 6. The summed E-state index contributed by atoms with van der Waals surface area (Å²) >= 11 is 0. The van der Waals surface area contributed by atoms with E-state index < -0.39 is 17.3 Å². The largest absolute Gasteiger partial charge is 0.347 e. The van der Waals surface area contributed by atoms with Gasteiger partial charge in [-0.15, -0.1) is 0 Å². The number of amides is 1. The van der Waals surface area contributed by atoms with Gasteiger partial charge in [0.25, 0.3) is 5.56 Å². The number of aromatic nitrogens is 1. The Bertz CT molecular complexity index is 1180. The Balaban J connectivity index is 0.00000256. The molecule has 1 fully saturated rings. The molecular formula is C23H29FN4O2. The molecule has 3 rings (SSSR count). The van der Waals surface area contributed by atoms with Crippen molar-refractivity contribution < 1.29 is 12.0 Å². The van der Waals surface area contributed by atoms with Crippen molar-refractivity contribution in [3.8, 4) is 6.07 Å². The zero-order valence-corrected chi connectivity index (χ0v) is 17.6. The van der Waals surface area contributed by atoms with Gasteiger partial charge in [0.2, 0.25) is 5.91 Å². The van der Waals surface area contributed by atoms with Gasteiger partial charge in [-0.25, -0.2) is 4.39 Å². The molecule has 1 amide bonds. The minimum atomic E-state index is -0.933. The molecule has 0 saturated heterocycles. The number of aromatic amines is 1. The van der Waals surface area contributed by atoms with Crippen molar-refractivity contribution in [2.75, 3.05) is 6.54 Å². The van der Waals surface area contributed by atoms with Gasteiger partial charge in [-0.3, -0.25) is 14.6 Å². The fraction of sp³-hybridized carbons (Fsp3) is 0.391. The maximum absolute atomic E-state index is 13.8. The Morgan fingerprint density at radius 1 is 1.50 bits per heavy atom. The van der Waals surface area contributed by atoms with Crippen LogP contribution in [0.3, 0.4) is 0 Å². The predicted molar refractivity (Wildman–Crippen MR) is 119 cm³/mol. The monoisotopic (exact) mass is 412 g/mol. The molecule has 1 heterocycles. The fourth-order valence-corrected chi connectivity index (χ4v) is 3.87. The first-order valence-corrected chi connectivity index (χ1v) is 9.99. The normalized spacial score (nSPS) is 16.8. The number of hydrogen-bond donors (Lipinski definition) is 2. The molecular weight excluding hydrogens is 383 g/mol. The summed E-state index contributed by atoms with van der Waals surface area (Å²) in [5.41, 5.74) is 1.40. The van der Waals surface area contributed by atoms with Crippen molar-refractivity contribution in [3.05, 3.63) is 57.1 Å². The summed E-state index contributed by atoms with van der Waals surface area (Å²) in [5, 5.41) is 12.6. The van der Waals surface area contributed by atoms with Crippen molar-refractivity contribution in [2.45, 2.75) is 52.0 Å². The lowest BCUT2D eigenvalue weighted by Gasteiger charge is -2.22. The molecule has 1 aromatic heterocycles.